The van der Waals surface area contributed by atoms with Gasteiger partial charge in [-0.25, -0.2) is 4.68 Å². The Labute approximate surface area is 159 Å². The second kappa shape index (κ2) is 8.18. The van der Waals surface area contributed by atoms with Crippen molar-refractivity contribution < 1.29 is 9.64 Å². The zero-order valence-corrected chi connectivity index (χ0v) is 15.6. The van der Waals surface area contributed by atoms with E-state index >= 15 is 0 Å². The third-order valence-corrected chi connectivity index (χ3v) is 5.10. The van der Waals surface area contributed by atoms with Gasteiger partial charge in [0, 0.05) is 5.69 Å². The number of quaternary nitrogens is 1. The third-order valence-electron chi connectivity index (χ3n) is 5.10. The molecule has 0 radical (unpaired) electrons. The first kappa shape index (κ1) is 17.5. The Balaban J connectivity index is 1.34. The van der Waals surface area contributed by atoms with E-state index in [1.165, 1.54) is 16.2 Å². The average molecular weight is 365 g/mol. The van der Waals surface area contributed by atoms with E-state index in [4.69, 9.17) is 4.74 Å². The molecule has 7 heteroatoms. The fourth-order valence-corrected chi connectivity index (χ4v) is 3.50. The van der Waals surface area contributed by atoms with E-state index in [0.717, 1.165) is 44.3 Å². The summed E-state index contributed by atoms with van der Waals surface area (Å²) in [5.74, 6) is 1.85. The number of benzene rings is 2. The third kappa shape index (κ3) is 4.25. The fourth-order valence-electron chi connectivity index (χ4n) is 3.50. The number of ether oxygens (including phenoxy) is 1. The molecular weight excluding hydrogens is 340 g/mol. The van der Waals surface area contributed by atoms with E-state index in [1.807, 2.05) is 35.0 Å². The van der Waals surface area contributed by atoms with Crippen LogP contribution in [0.2, 0.25) is 0 Å². The van der Waals surface area contributed by atoms with E-state index in [0.29, 0.717) is 6.54 Å². The van der Waals surface area contributed by atoms with Crippen LogP contribution in [0, 0.1) is 0 Å². The van der Waals surface area contributed by atoms with Crippen molar-refractivity contribution in [3.63, 3.8) is 0 Å². The van der Waals surface area contributed by atoms with Crippen LogP contribution in [-0.4, -0.2) is 53.5 Å². The van der Waals surface area contributed by atoms with Crippen LogP contribution in [0.25, 0.3) is 0 Å². The molecule has 3 aromatic rings. The zero-order valence-electron chi connectivity index (χ0n) is 15.6. The molecule has 0 atom stereocenters. The van der Waals surface area contributed by atoms with Gasteiger partial charge in [0.1, 0.15) is 12.3 Å². The molecule has 0 saturated carbocycles. The van der Waals surface area contributed by atoms with Gasteiger partial charge in [-0.3, -0.25) is 0 Å². The molecule has 1 N–H and O–H groups in total. The molecule has 140 valence electrons. The number of hydrogen-bond acceptors (Lipinski definition) is 5. The van der Waals surface area contributed by atoms with Crippen LogP contribution in [0.5, 0.6) is 5.75 Å². The van der Waals surface area contributed by atoms with Gasteiger partial charge in [0.2, 0.25) is 5.82 Å². The normalized spacial score (nSPS) is 15.1. The number of piperazine rings is 1. The topological polar surface area (TPSA) is 60.5 Å². The molecule has 1 fully saturated rings. The summed E-state index contributed by atoms with van der Waals surface area (Å²) in [5, 5.41) is 12.3. The summed E-state index contributed by atoms with van der Waals surface area (Å²) in [6, 6.07) is 18.6. The summed E-state index contributed by atoms with van der Waals surface area (Å²) in [5.41, 5.74) is 2.47. The van der Waals surface area contributed by atoms with Gasteiger partial charge in [-0.1, -0.05) is 30.3 Å². The molecule has 0 unspecified atom stereocenters. The molecular formula is C20H25N6O+. The van der Waals surface area contributed by atoms with E-state index < -0.39 is 0 Å². The van der Waals surface area contributed by atoms with Gasteiger partial charge in [-0.05, 0) is 40.3 Å². The predicted molar refractivity (Wildman–Crippen MR) is 103 cm³/mol. The maximum atomic E-state index is 5.24. The van der Waals surface area contributed by atoms with Gasteiger partial charge in [0.25, 0.3) is 0 Å². The summed E-state index contributed by atoms with van der Waals surface area (Å²) in [6.07, 6.45) is 0. The SMILES string of the molecule is COc1ccc(N2CC[NH+](Cc3nnnn3Cc3ccccc3)CC2)cc1. The first-order valence-corrected chi connectivity index (χ1v) is 9.33. The van der Waals surface area contributed by atoms with Crippen molar-refractivity contribution in [2.45, 2.75) is 13.1 Å². The van der Waals surface area contributed by atoms with Crippen molar-refractivity contribution in [2.24, 2.45) is 0 Å². The molecule has 0 amide bonds. The Kier molecular flexibility index (Phi) is 5.29. The van der Waals surface area contributed by atoms with E-state index in [-0.39, 0.29) is 0 Å². The summed E-state index contributed by atoms with van der Waals surface area (Å²) in [7, 11) is 1.70. The Hall–Kier alpha value is -2.93. The molecule has 0 aliphatic carbocycles. The van der Waals surface area contributed by atoms with Crippen LogP contribution in [0.15, 0.2) is 54.6 Å². The van der Waals surface area contributed by atoms with Crippen LogP contribution in [0.4, 0.5) is 5.69 Å². The summed E-state index contributed by atoms with van der Waals surface area (Å²) in [6.45, 7) is 5.78. The number of methoxy groups -OCH3 is 1. The van der Waals surface area contributed by atoms with Gasteiger partial charge in [-0.2, -0.15) is 0 Å². The molecule has 1 aliphatic heterocycles. The maximum Gasteiger partial charge on any atom is 0.206 e. The molecule has 2 heterocycles. The highest BCUT2D eigenvalue weighted by Crippen LogP contribution is 2.19. The first-order chi connectivity index (χ1) is 13.3. The molecule has 1 saturated heterocycles. The van der Waals surface area contributed by atoms with Crippen molar-refractivity contribution in [2.75, 3.05) is 38.2 Å². The van der Waals surface area contributed by atoms with Gasteiger partial charge in [-0.15, -0.1) is 5.10 Å². The molecule has 1 aromatic heterocycles. The van der Waals surface area contributed by atoms with E-state index in [9.17, 15) is 0 Å². The Morgan fingerprint density at radius 1 is 1.00 bits per heavy atom. The maximum absolute atomic E-state index is 5.24. The second-order valence-corrected chi connectivity index (χ2v) is 6.85. The summed E-state index contributed by atoms with van der Waals surface area (Å²) < 4.78 is 7.16. The molecule has 4 rings (SSSR count). The Morgan fingerprint density at radius 3 is 2.44 bits per heavy atom. The predicted octanol–water partition coefficient (Wildman–Crippen LogP) is 0.635. The van der Waals surface area contributed by atoms with Crippen molar-refractivity contribution in [1.82, 2.24) is 20.2 Å². The van der Waals surface area contributed by atoms with Crippen molar-refractivity contribution in [3.05, 3.63) is 66.0 Å². The zero-order chi connectivity index (χ0) is 18.5. The van der Waals surface area contributed by atoms with Crippen LogP contribution in [-0.2, 0) is 13.1 Å². The smallest absolute Gasteiger partial charge is 0.206 e. The molecule has 1 aliphatic rings. The summed E-state index contributed by atoms with van der Waals surface area (Å²) >= 11 is 0. The lowest BCUT2D eigenvalue weighted by molar-refractivity contribution is -0.915. The minimum absolute atomic E-state index is 0.717. The number of aromatic nitrogens is 4. The van der Waals surface area contributed by atoms with E-state index in [2.05, 4.69) is 44.7 Å². The van der Waals surface area contributed by atoms with Crippen molar-refractivity contribution in [1.29, 1.82) is 0 Å². The van der Waals surface area contributed by atoms with Crippen molar-refractivity contribution in [3.8, 4) is 5.75 Å². The van der Waals surface area contributed by atoms with Crippen LogP contribution in [0.1, 0.15) is 11.4 Å². The molecule has 0 bridgehead atoms. The fraction of sp³-hybridized carbons (Fsp3) is 0.350. The monoisotopic (exact) mass is 365 g/mol. The lowest BCUT2D eigenvalue weighted by atomic mass is 10.2. The van der Waals surface area contributed by atoms with Gasteiger partial charge < -0.3 is 14.5 Å². The highest BCUT2D eigenvalue weighted by Gasteiger charge is 2.22. The number of anilines is 1. The average Bonchev–Trinajstić information content (AvgIpc) is 3.16. The minimum Gasteiger partial charge on any atom is -0.497 e. The standard InChI is InChI=1S/C20H24N6O/c1-27-19-9-7-18(8-10-19)25-13-11-24(12-14-25)16-20-21-22-23-26(20)15-17-5-3-2-4-6-17/h2-10H,11-16H2,1H3/p+1. The van der Waals surface area contributed by atoms with Crippen LogP contribution >= 0.6 is 0 Å². The Bertz CT molecular complexity index is 840. The summed E-state index contributed by atoms with van der Waals surface area (Å²) in [4.78, 5) is 3.94. The molecule has 0 spiro atoms. The largest absolute Gasteiger partial charge is 0.497 e. The van der Waals surface area contributed by atoms with Crippen LogP contribution in [0.3, 0.4) is 0 Å². The van der Waals surface area contributed by atoms with Gasteiger partial charge in [0.05, 0.1) is 39.8 Å². The first-order valence-electron chi connectivity index (χ1n) is 9.33. The molecule has 2 aromatic carbocycles. The molecule has 7 nitrogen and oxygen atoms in total. The van der Waals surface area contributed by atoms with Crippen molar-refractivity contribution >= 4 is 5.69 Å². The lowest BCUT2D eigenvalue weighted by Gasteiger charge is -2.33. The van der Waals surface area contributed by atoms with Gasteiger partial charge >= 0.3 is 0 Å². The highest BCUT2D eigenvalue weighted by molar-refractivity contribution is 5.49. The number of rotatable bonds is 6. The lowest BCUT2D eigenvalue weighted by Crippen LogP contribution is -3.13. The number of nitrogens with zero attached hydrogens (tertiary/aromatic N) is 5. The Morgan fingerprint density at radius 2 is 1.74 bits per heavy atom. The molecule has 27 heavy (non-hydrogen) atoms. The minimum atomic E-state index is 0.717. The quantitative estimate of drug-likeness (QED) is 0.695. The number of nitrogens with one attached hydrogen (secondary N) is 1. The van der Waals surface area contributed by atoms with Gasteiger partial charge in [0.15, 0.2) is 0 Å². The van der Waals surface area contributed by atoms with E-state index in [1.54, 1.807) is 7.11 Å². The number of hydrogen-bond donors (Lipinski definition) is 1. The number of tetrazole rings is 1. The second-order valence-electron chi connectivity index (χ2n) is 6.85. The van der Waals surface area contributed by atoms with Crippen LogP contribution < -0.4 is 14.5 Å². The highest BCUT2D eigenvalue weighted by atomic mass is 16.5.